The van der Waals surface area contributed by atoms with Crippen molar-refractivity contribution in [3.8, 4) is 16.9 Å². The van der Waals surface area contributed by atoms with Crippen molar-refractivity contribution in [3.63, 3.8) is 0 Å². The van der Waals surface area contributed by atoms with E-state index in [1.165, 1.54) is 0 Å². The lowest BCUT2D eigenvalue weighted by atomic mass is 9.81. The van der Waals surface area contributed by atoms with E-state index in [-0.39, 0.29) is 17.9 Å². The SMILES string of the molecule is CC(C)(C)CCNC(=O)[C@]1(Cc2ccccc2)N=C(c2ccc(OCCCO)cc2)O[C@@H]1c1ccc(-c2ccccc2)cc1. The molecule has 0 unspecified atom stereocenters. The van der Waals surface area contributed by atoms with E-state index in [1.54, 1.807) is 0 Å². The zero-order valence-corrected chi connectivity index (χ0v) is 25.8. The van der Waals surface area contributed by atoms with E-state index in [1.807, 2.05) is 84.9 Å². The van der Waals surface area contributed by atoms with Crippen molar-refractivity contribution >= 4 is 11.8 Å². The lowest BCUT2D eigenvalue weighted by Gasteiger charge is -2.31. The van der Waals surface area contributed by atoms with E-state index in [0.717, 1.165) is 34.2 Å². The van der Waals surface area contributed by atoms with E-state index < -0.39 is 11.6 Å². The zero-order chi connectivity index (χ0) is 31.0. The third-order valence-corrected chi connectivity index (χ3v) is 7.83. The second-order valence-electron chi connectivity index (χ2n) is 12.5. The second-order valence-corrected chi connectivity index (χ2v) is 12.5. The van der Waals surface area contributed by atoms with Crippen LogP contribution in [0.2, 0.25) is 0 Å². The van der Waals surface area contributed by atoms with Crippen LogP contribution in [0, 0.1) is 5.41 Å². The maximum absolute atomic E-state index is 14.4. The first-order valence-electron chi connectivity index (χ1n) is 15.4. The van der Waals surface area contributed by atoms with Gasteiger partial charge < -0.3 is 19.9 Å². The van der Waals surface area contributed by atoms with Gasteiger partial charge in [-0.1, -0.05) is 106 Å². The van der Waals surface area contributed by atoms with Crippen LogP contribution in [0.15, 0.2) is 114 Å². The van der Waals surface area contributed by atoms with Crippen LogP contribution in [0.5, 0.6) is 5.75 Å². The lowest BCUT2D eigenvalue weighted by molar-refractivity contribution is -0.129. The van der Waals surface area contributed by atoms with Crippen LogP contribution in [0.1, 0.15) is 56.4 Å². The van der Waals surface area contributed by atoms with Gasteiger partial charge in [0.25, 0.3) is 5.91 Å². The molecule has 0 saturated carbocycles. The van der Waals surface area contributed by atoms with Gasteiger partial charge in [-0.25, -0.2) is 4.99 Å². The average molecular weight is 591 g/mol. The number of rotatable bonds is 12. The number of aliphatic hydroxyl groups is 1. The zero-order valence-electron chi connectivity index (χ0n) is 25.8. The maximum atomic E-state index is 14.4. The van der Waals surface area contributed by atoms with Gasteiger partial charge in [0, 0.05) is 31.6 Å². The minimum atomic E-state index is -1.22. The highest BCUT2D eigenvalue weighted by Gasteiger charge is 2.53. The molecule has 0 fully saturated rings. The Morgan fingerprint density at radius 3 is 2.11 bits per heavy atom. The summed E-state index contributed by atoms with van der Waals surface area (Å²) in [5, 5.41) is 12.3. The Kier molecular flexibility index (Phi) is 9.81. The van der Waals surface area contributed by atoms with Gasteiger partial charge >= 0.3 is 0 Å². The van der Waals surface area contributed by atoms with Crippen LogP contribution in [-0.2, 0) is 16.0 Å². The number of aliphatic hydroxyl groups excluding tert-OH is 1. The summed E-state index contributed by atoms with van der Waals surface area (Å²) in [5.41, 5.74) is 3.73. The summed E-state index contributed by atoms with van der Waals surface area (Å²) in [7, 11) is 0. The van der Waals surface area contributed by atoms with Crippen LogP contribution in [0.4, 0.5) is 0 Å². The summed E-state index contributed by atoms with van der Waals surface area (Å²) in [6.07, 6.45) is 1.14. The average Bonchev–Trinajstić information content (AvgIpc) is 3.42. The molecule has 5 rings (SSSR count). The number of nitrogens with one attached hydrogen (secondary N) is 1. The van der Waals surface area contributed by atoms with Gasteiger partial charge in [0.1, 0.15) is 5.75 Å². The standard InChI is InChI=1S/C38H42N2O4/c1-37(2,3)23-24-39-36(42)38(27-28-11-6-4-7-12-28)34(31-17-15-30(16-18-31)29-13-8-5-9-14-29)44-35(40-38)32-19-21-33(22-20-32)43-26-10-25-41/h4-9,11-22,34,41H,10,23-27H2,1-3H3,(H,39,42)/t34-,38-/m1/s1. The van der Waals surface area contributed by atoms with Crippen LogP contribution in [0.3, 0.4) is 0 Å². The lowest BCUT2D eigenvalue weighted by Crippen LogP contribution is -2.50. The van der Waals surface area contributed by atoms with Gasteiger partial charge in [-0.15, -0.1) is 0 Å². The highest BCUT2D eigenvalue weighted by atomic mass is 16.5. The molecule has 6 heteroatoms. The number of benzene rings is 4. The van der Waals surface area contributed by atoms with Crippen molar-refractivity contribution in [2.75, 3.05) is 19.8 Å². The number of carbonyl (C=O) groups is 1. The first-order chi connectivity index (χ1) is 21.3. The molecule has 0 radical (unpaired) electrons. The highest BCUT2D eigenvalue weighted by Crippen LogP contribution is 2.43. The van der Waals surface area contributed by atoms with E-state index >= 15 is 0 Å². The number of amides is 1. The molecule has 6 nitrogen and oxygen atoms in total. The molecule has 1 aliphatic heterocycles. The van der Waals surface area contributed by atoms with Gasteiger partial charge in [-0.05, 0) is 58.4 Å². The van der Waals surface area contributed by atoms with Gasteiger partial charge in [-0.2, -0.15) is 0 Å². The normalized spacial score (nSPS) is 17.9. The summed E-state index contributed by atoms with van der Waals surface area (Å²) in [5.74, 6) is 0.969. The first-order valence-corrected chi connectivity index (χ1v) is 15.4. The Morgan fingerprint density at radius 1 is 0.864 bits per heavy atom. The third-order valence-electron chi connectivity index (χ3n) is 7.83. The Labute approximate surface area is 260 Å². The van der Waals surface area contributed by atoms with Gasteiger partial charge in [0.2, 0.25) is 5.90 Å². The van der Waals surface area contributed by atoms with Crippen LogP contribution >= 0.6 is 0 Å². The molecule has 2 N–H and O–H groups in total. The minimum absolute atomic E-state index is 0.0775. The number of ether oxygens (including phenoxy) is 2. The molecule has 1 amide bonds. The predicted octanol–water partition coefficient (Wildman–Crippen LogP) is 7.17. The molecule has 1 heterocycles. The fourth-order valence-electron chi connectivity index (χ4n) is 5.37. The molecule has 4 aromatic carbocycles. The quantitative estimate of drug-likeness (QED) is 0.172. The topological polar surface area (TPSA) is 80.2 Å². The number of nitrogens with zero attached hydrogens (tertiary/aromatic N) is 1. The first kappa shape index (κ1) is 31.0. The molecule has 0 bridgehead atoms. The molecule has 1 aliphatic rings. The molecule has 0 aromatic heterocycles. The third kappa shape index (κ3) is 7.56. The van der Waals surface area contributed by atoms with Crippen LogP contribution in [0.25, 0.3) is 11.1 Å². The Balaban J connectivity index is 1.54. The maximum Gasteiger partial charge on any atom is 0.252 e. The largest absolute Gasteiger partial charge is 0.494 e. The van der Waals surface area contributed by atoms with Crippen LogP contribution in [-0.4, -0.2) is 42.2 Å². The van der Waals surface area contributed by atoms with E-state index in [4.69, 9.17) is 19.6 Å². The van der Waals surface area contributed by atoms with Crippen molar-refractivity contribution in [1.82, 2.24) is 5.32 Å². The molecular formula is C38H42N2O4. The molecule has 228 valence electrons. The number of hydrogen-bond acceptors (Lipinski definition) is 5. The fraction of sp³-hybridized carbons (Fsp3) is 0.316. The summed E-state index contributed by atoms with van der Waals surface area (Å²) >= 11 is 0. The minimum Gasteiger partial charge on any atom is -0.494 e. The summed E-state index contributed by atoms with van der Waals surface area (Å²) in [4.78, 5) is 19.5. The van der Waals surface area contributed by atoms with Crippen molar-refractivity contribution < 1.29 is 19.4 Å². The molecular weight excluding hydrogens is 548 g/mol. The second kappa shape index (κ2) is 13.9. The van der Waals surface area contributed by atoms with Gasteiger partial charge in [0.15, 0.2) is 11.6 Å². The molecule has 0 spiro atoms. The van der Waals surface area contributed by atoms with E-state index in [2.05, 4.69) is 50.4 Å². The summed E-state index contributed by atoms with van der Waals surface area (Å²) < 4.78 is 12.4. The van der Waals surface area contributed by atoms with E-state index in [9.17, 15) is 4.79 Å². The smallest absolute Gasteiger partial charge is 0.252 e. The Hall–Kier alpha value is -4.42. The summed E-state index contributed by atoms with van der Waals surface area (Å²) in [6, 6.07) is 36.0. The van der Waals surface area contributed by atoms with Crippen LogP contribution < -0.4 is 10.1 Å². The highest BCUT2D eigenvalue weighted by molar-refractivity contribution is 6.01. The predicted molar refractivity (Wildman–Crippen MR) is 176 cm³/mol. The molecule has 2 atom stereocenters. The molecule has 0 aliphatic carbocycles. The van der Waals surface area contributed by atoms with Gasteiger partial charge in [-0.3, -0.25) is 4.79 Å². The van der Waals surface area contributed by atoms with Crippen molar-refractivity contribution in [2.45, 2.75) is 51.7 Å². The van der Waals surface area contributed by atoms with Gasteiger partial charge in [0.05, 0.1) is 6.61 Å². The molecule has 44 heavy (non-hydrogen) atoms. The number of aliphatic imine (C=N–C) groups is 1. The molecule has 0 saturated heterocycles. The number of hydrogen-bond donors (Lipinski definition) is 2. The Morgan fingerprint density at radius 2 is 1.48 bits per heavy atom. The van der Waals surface area contributed by atoms with Crippen molar-refractivity contribution in [3.05, 3.63) is 126 Å². The van der Waals surface area contributed by atoms with Crippen molar-refractivity contribution in [2.24, 2.45) is 10.4 Å². The Bertz CT molecular complexity index is 1530. The fourth-order valence-corrected chi connectivity index (χ4v) is 5.37. The van der Waals surface area contributed by atoms with E-state index in [0.29, 0.717) is 37.6 Å². The number of carbonyl (C=O) groups excluding carboxylic acids is 1. The molecule has 4 aromatic rings. The van der Waals surface area contributed by atoms with Crippen molar-refractivity contribution in [1.29, 1.82) is 0 Å². The summed E-state index contributed by atoms with van der Waals surface area (Å²) in [6.45, 7) is 7.57. The monoisotopic (exact) mass is 590 g/mol.